The van der Waals surface area contributed by atoms with E-state index in [1.807, 2.05) is 0 Å². The average Bonchev–Trinajstić information content (AvgIpc) is 2.16. The fourth-order valence-corrected chi connectivity index (χ4v) is 3.08. The number of rotatable bonds is 5. The molecule has 1 aromatic rings. The van der Waals surface area contributed by atoms with E-state index in [2.05, 4.69) is 0 Å². The molecule has 0 saturated carbocycles. The van der Waals surface area contributed by atoms with Gasteiger partial charge in [-0.2, -0.15) is 0 Å². The highest BCUT2D eigenvalue weighted by molar-refractivity contribution is 8.00. The molecule has 0 heterocycles. The number of sulfone groups is 1. The molecule has 0 spiro atoms. The van der Waals surface area contributed by atoms with Crippen molar-refractivity contribution in [3.8, 4) is 0 Å². The van der Waals surface area contributed by atoms with Crippen LogP contribution < -0.4 is 0 Å². The van der Waals surface area contributed by atoms with Crippen LogP contribution in [-0.4, -0.2) is 31.1 Å². The van der Waals surface area contributed by atoms with Crippen molar-refractivity contribution in [2.75, 3.05) is 17.8 Å². The smallest absolute Gasteiger partial charge is 0.258 e. The van der Waals surface area contributed by atoms with Gasteiger partial charge in [0, 0.05) is 29.0 Å². The predicted octanol–water partition coefficient (Wildman–Crippen LogP) is 1.73. The lowest BCUT2D eigenvalue weighted by atomic mass is 10.3. The summed E-state index contributed by atoms with van der Waals surface area (Å²) in [6, 6.07) is 6.04. The molecule has 0 fully saturated rings. The van der Waals surface area contributed by atoms with Crippen molar-refractivity contribution in [3.05, 3.63) is 34.4 Å². The summed E-state index contributed by atoms with van der Waals surface area (Å²) in [6.45, 7) is 0. The van der Waals surface area contributed by atoms with E-state index < -0.39 is 14.8 Å². The van der Waals surface area contributed by atoms with E-state index in [0.717, 1.165) is 4.90 Å². The Kier molecular flexibility index (Phi) is 4.31. The molecule has 7 heteroatoms. The van der Waals surface area contributed by atoms with Gasteiger partial charge in [0.15, 0.2) is 0 Å². The minimum Gasteiger partial charge on any atom is -0.258 e. The van der Waals surface area contributed by atoms with Gasteiger partial charge in [0.2, 0.25) is 0 Å². The molecule has 5 nitrogen and oxygen atoms in total. The molecule has 0 aliphatic heterocycles. The number of nitro groups is 1. The zero-order valence-corrected chi connectivity index (χ0v) is 10.3. The van der Waals surface area contributed by atoms with E-state index in [0.29, 0.717) is 5.75 Å². The number of thioether (sulfide) groups is 1. The van der Waals surface area contributed by atoms with Gasteiger partial charge >= 0.3 is 0 Å². The van der Waals surface area contributed by atoms with Gasteiger partial charge in [0.05, 0.1) is 10.7 Å². The molecule has 0 aliphatic carbocycles. The molecule has 0 aromatic heterocycles. The van der Waals surface area contributed by atoms with E-state index in [1.165, 1.54) is 30.2 Å². The van der Waals surface area contributed by atoms with Gasteiger partial charge < -0.3 is 0 Å². The highest BCUT2D eigenvalue weighted by atomic mass is 32.2. The predicted molar refractivity (Wildman–Crippen MR) is 63.5 cm³/mol. The van der Waals surface area contributed by atoms with Gasteiger partial charge in [-0.1, -0.05) is 0 Å². The minimum atomic E-state index is -2.94. The van der Waals surface area contributed by atoms with E-state index in [9.17, 15) is 18.5 Å². The Morgan fingerprint density at radius 1 is 1.31 bits per heavy atom. The molecule has 0 aliphatic rings. The Hall–Kier alpha value is -1.08. The summed E-state index contributed by atoms with van der Waals surface area (Å²) >= 11 is 1.37. The lowest BCUT2D eigenvalue weighted by Crippen LogP contribution is -2.04. The van der Waals surface area contributed by atoms with Gasteiger partial charge in [0.1, 0.15) is 9.84 Å². The molecule has 1 rings (SSSR count). The maximum atomic E-state index is 10.9. The maximum Gasteiger partial charge on any atom is 0.269 e. The van der Waals surface area contributed by atoms with Crippen LogP contribution in [0, 0.1) is 10.1 Å². The van der Waals surface area contributed by atoms with Crippen LogP contribution in [0.5, 0.6) is 0 Å². The van der Waals surface area contributed by atoms with E-state index >= 15 is 0 Å². The number of hydrogen-bond donors (Lipinski definition) is 0. The zero-order valence-electron chi connectivity index (χ0n) is 8.62. The first-order chi connectivity index (χ1) is 7.38. The van der Waals surface area contributed by atoms with Gasteiger partial charge in [-0.15, -0.1) is 11.8 Å². The lowest BCUT2D eigenvalue weighted by Gasteiger charge is -2.00. The third kappa shape index (κ3) is 4.63. The van der Waals surface area contributed by atoms with Crippen molar-refractivity contribution >= 4 is 27.3 Å². The zero-order chi connectivity index (χ0) is 12.2. The van der Waals surface area contributed by atoms with Crippen LogP contribution in [0.15, 0.2) is 29.2 Å². The summed E-state index contributed by atoms with van der Waals surface area (Å²) in [5, 5.41) is 10.4. The summed E-state index contributed by atoms with van der Waals surface area (Å²) in [6.07, 6.45) is 1.18. The molecule has 0 amide bonds. The molecule has 0 radical (unpaired) electrons. The van der Waals surface area contributed by atoms with Crippen LogP contribution in [-0.2, 0) is 9.84 Å². The van der Waals surface area contributed by atoms with E-state index in [4.69, 9.17) is 0 Å². The fraction of sp³-hybridized carbons (Fsp3) is 0.333. The van der Waals surface area contributed by atoms with Crippen molar-refractivity contribution in [3.63, 3.8) is 0 Å². The Bertz CT molecular complexity index is 467. The molecule has 16 heavy (non-hydrogen) atoms. The van der Waals surface area contributed by atoms with Crippen LogP contribution in [0.2, 0.25) is 0 Å². The summed E-state index contributed by atoms with van der Waals surface area (Å²) in [5.41, 5.74) is 0.0347. The molecular formula is C9H11NO4S2. The van der Waals surface area contributed by atoms with Crippen molar-refractivity contribution in [1.29, 1.82) is 0 Å². The number of nitrogens with zero attached hydrogens (tertiary/aromatic N) is 1. The number of benzene rings is 1. The van der Waals surface area contributed by atoms with Gasteiger partial charge in [0.25, 0.3) is 5.69 Å². The third-order valence-electron chi connectivity index (χ3n) is 1.77. The summed E-state index contributed by atoms with van der Waals surface area (Å²) in [7, 11) is -2.94. The molecule has 0 atom stereocenters. The normalized spacial score (nSPS) is 11.3. The van der Waals surface area contributed by atoms with Crippen LogP contribution in [0.25, 0.3) is 0 Å². The second-order valence-corrected chi connectivity index (χ2v) is 6.66. The second kappa shape index (κ2) is 5.31. The number of non-ortho nitro benzene ring substituents is 1. The van der Waals surface area contributed by atoms with Crippen LogP contribution in [0.3, 0.4) is 0 Å². The van der Waals surface area contributed by atoms with Gasteiger partial charge in [-0.3, -0.25) is 10.1 Å². The Labute approximate surface area is 97.9 Å². The quantitative estimate of drug-likeness (QED) is 0.458. The summed E-state index contributed by atoms with van der Waals surface area (Å²) in [5.74, 6) is 0.561. The molecule has 0 saturated heterocycles. The highest BCUT2D eigenvalue weighted by Crippen LogP contribution is 2.21. The van der Waals surface area contributed by atoms with Crippen molar-refractivity contribution < 1.29 is 13.3 Å². The Morgan fingerprint density at radius 2 is 1.88 bits per heavy atom. The van der Waals surface area contributed by atoms with E-state index in [-0.39, 0.29) is 11.4 Å². The number of nitro benzene ring substituents is 1. The van der Waals surface area contributed by atoms with Crippen LogP contribution in [0.1, 0.15) is 0 Å². The van der Waals surface area contributed by atoms with Crippen molar-refractivity contribution in [1.82, 2.24) is 0 Å². The summed E-state index contributed by atoms with van der Waals surface area (Å²) in [4.78, 5) is 10.7. The first-order valence-corrected chi connectivity index (χ1v) is 7.48. The summed E-state index contributed by atoms with van der Waals surface area (Å²) < 4.78 is 21.7. The van der Waals surface area contributed by atoms with Gasteiger partial charge in [-0.25, -0.2) is 8.42 Å². The lowest BCUT2D eigenvalue weighted by molar-refractivity contribution is -0.384. The standard InChI is InChI=1S/C9H11NO4S2/c1-16(13,14)7-6-15-9-4-2-8(3-5-9)10(11)12/h2-5H,6-7H2,1H3. The molecular weight excluding hydrogens is 250 g/mol. The van der Waals surface area contributed by atoms with Gasteiger partial charge in [-0.05, 0) is 12.1 Å². The van der Waals surface area contributed by atoms with Crippen molar-refractivity contribution in [2.45, 2.75) is 4.90 Å². The monoisotopic (exact) mass is 261 g/mol. The molecule has 0 unspecified atom stereocenters. The molecule has 0 bridgehead atoms. The Balaban J connectivity index is 2.53. The Morgan fingerprint density at radius 3 is 2.31 bits per heavy atom. The molecule has 1 aromatic carbocycles. The SMILES string of the molecule is CS(=O)(=O)CCSc1ccc([N+](=O)[O-])cc1. The molecule has 88 valence electrons. The first-order valence-electron chi connectivity index (χ1n) is 4.43. The molecule has 0 N–H and O–H groups in total. The average molecular weight is 261 g/mol. The van der Waals surface area contributed by atoms with Crippen LogP contribution >= 0.6 is 11.8 Å². The minimum absolute atomic E-state index is 0.0347. The number of hydrogen-bond acceptors (Lipinski definition) is 5. The first kappa shape index (κ1) is 13.0. The topological polar surface area (TPSA) is 77.3 Å². The third-order valence-corrected chi connectivity index (χ3v) is 3.99. The largest absolute Gasteiger partial charge is 0.269 e. The van der Waals surface area contributed by atoms with E-state index in [1.54, 1.807) is 12.1 Å². The van der Waals surface area contributed by atoms with Crippen molar-refractivity contribution in [2.24, 2.45) is 0 Å². The fourth-order valence-electron chi connectivity index (χ4n) is 0.975. The highest BCUT2D eigenvalue weighted by Gasteiger charge is 2.05. The maximum absolute atomic E-state index is 10.9. The van der Waals surface area contributed by atoms with Crippen LogP contribution in [0.4, 0.5) is 5.69 Å². The second-order valence-electron chi connectivity index (χ2n) is 3.23.